The van der Waals surface area contributed by atoms with Crippen LogP contribution in [0, 0.1) is 19.7 Å². The first-order valence-corrected chi connectivity index (χ1v) is 7.87. The molecule has 0 spiro atoms. The number of amides is 1. The standard InChI is InChI=1S/C17H16FNOS/c1-11-7-12(2)9-15(8-11)19-16(20)10-21-17(19)13-3-5-14(18)6-4-13/h3-9,17H,10H2,1-2H3. The monoisotopic (exact) mass is 301 g/mol. The third-order valence-electron chi connectivity index (χ3n) is 3.51. The highest BCUT2D eigenvalue weighted by Gasteiger charge is 2.34. The third-order valence-corrected chi connectivity index (χ3v) is 4.72. The zero-order valence-corrected chi connectivity index (χ0v) is 12.8. The molecule has 0 saturated carbocycles. The summed E-state index contributed by atoms with van der Waals surface area (Å²) in [6, 6.07) is 12.5. The number of anilines is 1. The number of hydrogen-bond acceptors (Lipinski definition) is 2. The van der Waals surface area contributed by atoms with Gasteiger partial charge in [0.1, 0.15) is 11.2 Å². The Morgan fingerprint density at radius 3 is 2.33 bits per heavy atom. The molecule has 2 aromatic rings. The Hall–Kier alpha value is -1.81. The first-order chi connectivity index (χ1) is 10.0. The molecule has 0 bridgehead atoms. The van der Waals surface area contributed by atoms with E-state index in [1.54, 1.807) is 23.9 Å². The van der Waals surface area contributed by atoms with Crippen LogP contribution >= 0.6 is 11.8 Å². The molecule has 108 valence electrons. The average Bonchev–Trinajstić information content (AvgIpc) is 2.80. The average molecular weight is 301 g/mol. The molecule has 2 nitrogen and oxygen atoms in total. The van der Waals surface area contributed by atoms with Crippen LogP contribution in [-0.2, 0) is 4.79 Å². The van der Waals surface area contributed by atoms with Gasteiger partial charge in [0.2, 0.25) is 5.91 Å². The van der Waals surface area contributed by atoms with Gasteiger partial charge in [-0.2, -0.15) is 0 Å². The SMILES string of the molecule is Cc1cc(C)cc(N2C(=O)CSC2c2ccc(F)cc2)c1. The quantitative estimate of drug-likeness (QED) is 0.827. The lowest BCUT2D eigenvalue weighted by Gasteiger charge is -2.25. The maximum absolute atomic E-state index is 13.1. The summed E-state index contributed by atoms with van der Waals surface area (Å²) in [5.41, 5.74) is 4.13. The molecule has 0 aromatic heterocycles. The fraction of sp³-hybridized carbons (Fsp3) is 0.235. The van der Waals surface area contributed by atoms with E-state index >= 15 is 0 Å². The van der Waals surface area contributed by atoms with E-state index < -0.39 is 0 Å². The van der Waals surface area contributed by atoms with Crippen LogP contribution in [0.25, 0.3) is 0 Å². The van der Waals surface area contributed by atoms with Gasteiger partial charge in [-0.15, -0.1) is 11.8 Å². The molecule has 0 N–H and O–H groups in total. The summed E-state index contributed by atoms with van der Waals surface area (Å²) in [4.78, 5) is 14.1. The minimum atomic E-state index is -0.258. The summed E-state index contributed by atoms with van der Waals surface area (Å²) in [7, 11) is 0. The van der Waals surface area contributed by atoms with Crippen molar-refractivity contribution in [2.75, 3.05) is 10.7 Å². The van der Waals surface area contributed by atoms with Crippen molar-refractivity contribution >= 4 is 23.4 Å². The van der Waals surface area contributed by atoms with Gasteiger partial charge in [-0.1, -0.05) is 18.2 Å². The summed E-state index contributed by atoms with van der Waals surface area (Å²) in [5, 5.41) is -0.0840. The molecule has 3 rings (SSSR count). The molecule has 1 aliphatic heterocycles. The molecular weight excluding hydrogens is 285 g/mol. The number of halogens is 1. The second-order valence-corrected chi connectivity index (χ2v) is 6.39. The van der Waals surface area contributed by atoms with Crippen LogP contribution in [0.15, 0.2) is 42.5 Å². The molecule has 1 atom stereocenters. The van der Waals surface area contributed by atoms with E-state index in [1.165, 1.54) is 12.1 Å². The van der Waals surface area contributed by atoms with E-state index in [0.717, 1.165) is 22.4 Å². The van der Waals surface area contributed by atoms with Crippen molar-refractivity contribution in [2.24, 2.45) is 0 Å². The van der Waals surface area contributed by atoms with Gasteiger partial charge >= 0.3 is 0 Å². The second kappa shape index (κ2) is 5.53. The molecule has 4 heteroatoms. The highest BCUT2D eigenvalue weighted by Crippen LogP contribution is 2.42. The number of thioether (sulfide) groups is 1. The van der Waals surface area contributed by atoms with Crippen LogP contribution in [-0.4, -0.2) is 11.7 Å². The molecular formula is C17H16FNOS. The summed E-state index contributed by atoms with van der Waals surface area (Å²) >= 11 is 1.58. The van der Waals surface area contributed by atoms with Gasteiger partial charge in [-0.3, -0.25) is 9.69 Å². The highest BCUT2D eigenvalue weighted by molar-refractivity contribution is 8.00. The Morgan fingerprint density at radius 2 is 1.71 bits per heavy atom. The molecule has 1 saturated heterocycles. The van der Waals surface area contributed by atoms with Gasteiger partial charge in [0.05, 0.1) is 5.75 Å². The molecule has 2 aromatic carbocycles. The van der Waals surface area contributed by atoms with E-state index in [-0.39, 0.29) is 17.1 Å². The van der Waals surface area contributed by atoms with Gasteiger partial charge in [0, 0.05) is 5.69 Å². The second-order valence-electron chi connectivity index (χ2n) is 5.32. The summed E-state index contributed by atoms with van der Waals surface area (Å²) in [6.07, 6.45) is 0. The molecule has 1 fully saturated rings. The number of carbonyl (C=O) groups excluding carboxylic acids is 1. The van der Waals surface area contributed by atoms with E-state index in [9.17, 15) is 9.18 Å². The van der Waals surface area contributed by atoms with Gasteiger partial charge in [0.15, 0.2) is 0 Å². The summed E-state index contributed by atoms with van der Waals surface area (Å²) < 4.78 is 13.1. The van der Waals surface area contributed by atoms with Crippen LogP contribution in [0.4, 0.5) is 10.1 Å². The van der Waals surface area contributed by atoms with Crippen molar-refractivity contribution in [2.45, 2.75) is 19.2 Å². The van der Waals surface area contributed by atoms with Gasteiger partial charge in [-0.25, -0.2) is 4.39 Å². The van der Waals surface area contributed by atoms with Crippen molar-refractivity contribution in [3.8, 4) is 0 Å². The smallest absolute Gasteiger partial charge is 0.238 e. The van der Waals surface area contributed by atoms with Crippen LogP contribution in [0.1, 0.15) is 22.1 Å². The summed E-state index contributed by atoms with van der Waals surface area (Å²) in [6.45, 7) is 4.05. The number of rotatable bonds is 2. The number of nitrogens with zero attached hydrogens (tertiary/aromatic N) is 1. The minimum Gasteiger partial charge on any atom is -0.295 e. The molecule has 0 radical (unpaired) electrons. The topological polar surface area (TPSA) is 20.3 Å². The Bertz CT molecular complexity index is 663. The van der Waals surface area contributed by atoms with Crippen LogP contribution in [0.3, 0.4) is 0 Å². The van der Waals surface area contributed by atoms with Crippen LogP contribution in [0.5, 0.6) is 0 Å². The first-order valence-electron chi connectivity index (χ1n) is 6.82. The van der Waals surface area contributed by atoms with Crippen molar-refractivity contribution in [1.82, 2.24) is 0 Å². The Labute approximate surface area is 128 Å². The van der Waals surface area contributed by atoms with Crippen LogP contribution < -0.4 is 4.90 Å². The fourth-order valence-electron chi connectivity index (χ4n) is 2.67. The minimum absolute atomic E-state index is 0.0840. The van der Waals surface area contributed by atoms with Crippen molar-refractivity contribution in [3.05, 3.63) is 65.0 Å². The maximum Gasteiger partial charge on any atom is 0.238 e. The Balaban J connectivity index is 2.01. The number of carbonyl (C=O) groups is 1. The maximum atomic E-state index is 13.1. The normalized spacial score (nSPS) is 18.3. The Morgan fingerprint density at radius 1 is 1.10 bits per heavy atom. The lowest BCUT2D eigenvalue weighted by atomic mass is 10.1. The largest absolute Gasteiger partial charge is 0.295 e. The third kappa shape index (κ3) is 2.81. The molecule has 1 amide bonds. The van der Waals surface area contributed by atoms with Crippen molar-refractivity contribution in [1.29, 1.82) is 0 Å². The predicted molar refractivity (Wildman–Crippen MR) is 85.0 cm³/mol. The van der Waals surface area contributed by atoms with Crippen molar-refractivity contribution in [3.63, 3.8) is 0 Å². The van der Waals surface area contributed by atoms with Crippen LogP contribution in [0.2, 0.25) is 0 Å². The number of hydrogen-bond donors (Lipinski definition) is 0. The lowest BCUT2D eigenvalue weighted by molar-refractivity contribution is -0.115. The van der Waals surface area contributed by atoms with Gasteiger partial charge < -0.3 is 0 Å². The Kier molecular flexibility index (Phi) is 3.72. The highest BCUT2D eigenvalue weighted by atomic mass is 32.2. The number of aryl methyl sites for hydroxylation is 2. The van der Waals surface area contributed by atoms with Gasteiger partial charge in [-0.05, 0) is 54.8 Å². The first kappa shape index (κ1) is 14.1. The summed E-state index contributed by atoms with van der Waals surface area (Å²) in [5.74, 6) is 0.292. The van der Waals surface area contributed by atoms with E-state index in [0.29, 0.717) is 5.75 Å². The number of benzene rings is 2. The van der Waals surface area contributed by atoms with Gasteiger partial charge in [0.25, 0.3) is 0 Å². The molecule has 0 aliphatic carbocycles. The lowest BCUT2D eigenvalue weighted by Crippen LogP contribution is -2.27. The molecule has 21 heavy (non-hydrogen) atoms. The van der Waals surface area contributed by atoms with E-state index in [1.807, 2.05) is 30.9 Å². The fourth-order valence-corrected chi connectivity index (χ4v) is 3.84. The molecule has 1 unspecified atom stereocenters. The molecule has 1 heterocycles. The predicted octanol–water partition coefficient (Wildman–Crippen LogP) is 4.22. The zero-order chi connectivity index (χ0) is 15.0. The van der Waals surface area contributed by atoms with E-state index in [2.05, 4.69) is 6.07 Å². The van der Waals surface area contributed by atoms with Crippen molar-refractivity contribution < 1.29 is 9.18 Å². The van der Waals surface area contributed by atoms with E-state index in [4.69, 9.17) is 0 Å². The zero-order valence-electron chi connectivity index (χ0n) is 12.0. The molecule has 1 aliphatic rings.